The van der Waals surface area contributed by atoms with Crippen molar-refractivity contribution in [1.29, 1.82) is 0 Å². The molecule has 0 radical (unpaired) electrons. The quantitative estimate of drug-likeness (QED) is 0.567. The molecule has 0 saturated heterocycles. The van der Waals surface area contributed by atoms with E-state index in [4.69, 9.17) is 5.11 Å². The van der Waals surface area contributed by atoms with Gasteiger partial charge in [0.25, 0.3) is 0 Å². The third kappa shape index (κ3) is 2.65. The first-order valence-electron chi connectivity index (χ1n) is 3.47. The highest BCUT2D eigenvalue weighted by atomic mass is 19.4. The first-order chi connectivity index (χ1) is 6.39. The monoisotopic (exact) mass is 206 g/mol. The van der Waals surface area contributed by atoms with Crippen molar-refractivity contribution in [2.24, 2.45) is 0 Å². The summed E-state index contributed by atoms with van der Waals surface area (Å²) in [5.41, 5.74) is -0.852. The fourth-order valence-electron chi connectivity index (χ4n) is 0.813. The number of carboxylic acid groups (broad SMARTS) is 1. The lowest BCUT2D eigenvalue weighted by molar-refractivity contribution is -0.137. The predicted octanol–water partition coefficient (Wildman–Crippen LogP) is 2.76. The van der Waals surface area contributed by atoms with Gasteiger partial charge >= 0.3 is 12.3 Å². The highest BCUT2D eigenvalue weighted by Crippen LogP contribution is 2.30. The van der Waals surface area contributed by atoms with Crippen LogP contribution in [0.5, 0.6) is 5.75 Å². The molecule has 0 aliphatic rings. The van der Waals surface area contributed by atoms with E-state index < -0.39 is 17.9 Å². The van der Waals surface area contributed by atoms with E-state index in [0.717, 1.165) is 24.3 Å². The number of alkyl halides is 3. The van der Waals surface area contributed by atoms with Crippen LogP contribution < -0.4 is 4.74 Å². The molecular formula is C8H5F3O3. The molecular weight excluding hydrogens is 201 g/mol. The number of hydrogen-bond donors (Lipinski definition) is 1. The first kappa shape index (κ1) is 10.4. The van der Waals surface area contributed by atoms with Gasteiger partial charge in [-0.3, -0.25) is 0 Å². The average molecular weight is 206 g/mol. The fraction of sp³-hybridized carbons (Fsp3) is 0.125. The SMILES string of the molecule is O=C(O)Oc1ccc(C(F)(F)F)cc1. The van der Waals surface area contributed by atoms with Crippen LogP contribution in [-0.4, -0.2) is 11.3 Å². The smallest absolute Gasteiger partial charge is 0.449 e. The van der Waals surface area contributed by atoms with Crippen LogP contribution in [0.2, 0.25) is 0 Å². The number of rotatable bonds is 1. The van der Waals surface area contributed by atoms with Gasteiger partial charge < -0.3 is 9.84 Å². The molecule has 1 rings (SSSR count). The minimum atomic E-state index is -4.43. The highest BCUT2D eigenvalue weighted by Gasteiger charge is 2.30. The molecule has 0 bridgehead atoms. The lowest BCUT2D eigenvalue weighted by Crippen LogP contribution is -2.06. The number of ether oxygens (including phenoxy) is 1. The van der Waals surface area contributed by atoms with Crippen molar-refractivity contribution in [2.45, 2.75) is 6.18 Å². The Morgan fingerprint density at radius 1 is 1.21 bits per heavy atom. The summed E-state index contributed by atoms with van der Waals surface area (Å²) in [4.78, 5) is 10.0. The van der Waals surface area contributed by atoms with Crippen molar-refractivity contribution in [2.75, 3.05) is 0 Å². The van der Waals surface area contributed by atoms with E-state index >= 15 is 0 Å². The van der Waals surface area contributed by atoms with Crippen molar-refractivity contribution in [1.82, 2.24) is 0 Å². The van der Waals surface area contributed by atoms with Gasteiger partial charge in [-0.2, -0.15) is 13.2 Å². The lowest BCUT2D eigenvalue weighted by Gasteiger charge is -2.06. The molecule has 0 aliphatic heterocycles. The van der Waals surface area contributed by atoms with E-state index in [0.29, 0.717) is 0 Å². The summed E-state index contributed by atoms with van der Waals surface area (Å²) in [5.74, 6) is -0.148. The maximum Gasteiger partial charge on any atom is 0.511 e. The summed E-state index contributed by atoms with van der Waals surface area (Å²) in [6.45, 7) is 0. The zero-order valence-electron chi connectivity index (χ0n) is 6.71. The molecule has 3 nitrogen and oxygen atoms in total. The Kier molecular flexibility index (Phi) is 2.64. The summed E-state index contributed by atoms with van der Waals surface area (Å²) >= 11 is 0. The second-order valence-corrected chi connectivity index (χ2v) is 2.39. The molecule has 14 heavy (non-hydrogen) atoms. The van der Waals surface area contributed by atoms with Gasteiger partial charge in [0.05, 0.1) is 5.56 Å². The number of benzene rings is 1. The summed E-state index contributed by atoms with van der Waals surface area (Å²) in [6.07, 6.45) is -5.99. The number of halogens is 3. The van der Waals surface area contributed by atoms with Gasteiger partial charge in [-0.05, 0) is 24.3 Å². The van der Waals surface area contributed by atoms with E-state index in [2.05, 4.69) is 4.74 Å². The minimum absolute atomic E-state index is 0.148. The summed E-state index contributed by atoms with van der Waals surface area (Å²) in [6, 6.07) is 3.38. The zero-order valence-corrected chi connectivity index (χ0v) is 6.71. The molecule has 0 unspecified atom stereocenters. The topological polar surface area (TPSA) is 46.5 Å². The third-order valence-electron chi connectivity index (χ3n) is 1.39. The minimum Gasteiger partial charge on any atom is -0.449 e. The lowest BCUT2D eigenvalue weighted by atomic mass is 10.2. The standard InChI is InChI=1S/C8H5F3O3/c9-8(10,11)5-1-3-6(4-2-5)14-7(12)13/h1-4H,(H,12,13). The van der Waals surface area contributed by atoms with Crippen molar-refractivity contribution in [3.63, 3.8) is 0 Å². The summed E-state index contributed by atoms with van der Waals surface area (Å²) in [5, 5.41) is 8.15. The van der Waals surface area contributed by atoms with Crippen LogP contribution >= 0.6 is 0 Å². The number of hydrogen-bond acceptors (Lipinski definition) is 2. The van der Waals surface area contributed by atoms with E-state index in [-0.39, 0.29) is 5.75 Å². The Morgan fingerprint density at radius 2 is 1.71 bits per heavy atom. The van der Waals surface area contributed by atoms with Crippen molar-refractivity contribution in [3.8, 4) is 5.75 Å². The molecule has 0 aromatic heterocycles. The molecule has 1 N–H and O–H groups in total. The van der Waals surface area contributed by atoms with Crippen LogP contribution in [0.4, 0.5) is 18.0 Å². The fourth-order valence-corrected chi connectivity index (χ4v) is 0.813. The Hall–Kier alpha value is -1.72. The molecule has 0 fully saturated rings. The molecule has 1 aromatic carbocycles. The molecule has 0 heterocycles. The van der Waals surface area contributed by atoms with Gasteiger partial charge in [-0.1, -0.05) is 0 Å². The Bertz CT molecular complexity index is 329. The second kappa shape index (κ2) is 3.57. The van der Waals surface area contributed by atoms with Crippen LogP contribution in [-0.2, 0) is 6.18 Å². The van der Waals surface area contributed by atoms with Crippen molar-refractivity contribution >= 4 is 6.16 Å². The van der Waals surface area contributed by atoms with Gasteiger partial charge in [-0.25, -0.2) is 4.79 Å². The summed E-state index contributed by atoms with van der Waals surface area (Å²) in [7, 11) is 0. The molecule has 0 amide bonds. The zero-order chi connectivity index (χ0) is 10.8. The van der Waals surface area contributed by atoms with Gasteiger partial charge in [0, 0.05) is 0 Å². The molecule has 0 atom stereocenters. The molecule has 0 saturated carbocycles. The van der Waals surface area contributed by atoms with Crippen LogP contribution in [0.25, 0.3) is 0 Å². The van der Waals surface area contributed by atoms with Crippen LogP contribution in [0.3, 0.4) is 0 Å². The van der Waals surface area contributed by atoms with Crippen molar-refractivity contribution < 1.29 is 27.8 Å². The van der Waals surface area contributed by atoms with Crippen LogP contribution in [0, 0.1) is 0 Å². The Labute approximate surface area is 76.7 Å². The van der Waals surface area contributed by atoms with Crippen LogP contribution in [0.1, 0.15) is 5.56 Å². The maximum atomic E-state index is 12.0. The molecule has 0 aliphatic carbocycles. The molecule has 6 heteroatoms. The van der Waals surface area contributed by atoms with Gasteiger partial charge in [0.15, 0.2) is 0 Å². The van der Waals surface area contributed by atoms with E-state index in [9.17, 15) is 18.0 Å². The van der Waals surface area contributed by atoms with Gasteiger partial charge in [0.1, 0.15) is 5.75 Å². The third-order valence-corrected chi connectivity index (χ3v) is 1.39. The van der Waals surface area contributed by atoms with E-state index in [1.807, 2.05) is 0 Å². The van der Waals surface area contributed by atoms with Crippen LogP contribution in [0.15, 0.2) is 24.3 Å². The average Bonchev–Trinajstić information content (AvgIpc) is 2.02. The summed E-state index contributed by atoms with van der Waals surface area (Å²) < 4.78 is 40.2. The second-order valence-electron chi connectivity index (χ2n) is 2.39. The highest BCUT2D eigenvalue weighted by molar-refractivity contribution is 5.61. The normalized spacial score (nSPS) is 11.1. The predicted molar refractivity (Wildman–Crippen MR) is 40.1 cm³/mol. The Balaban J connectivity index is 2.84. The van der Waals surface area contributed by atoms with Crippen molar-refractivity contribution in [3.05, 3.63) is 29.8 Å². The van der Waals surface area contributed by atoms with Gasteiger partial charge in [-0.15, -0.1) is 0 Å². The number of carbonyl (C=O) groups is 1. The van der Waals surface area contributed by atoms with Gasteiger partial charge in [0.2, 0.25) is 0 Å². The molecule has 76 valence electrons. The molecule has 0 spiro atoms. The largest absolute Gasteiger partial charge is 0.511 e. The van der Waals surface area contributed by atoms with E-state index in [1.165, 1.54) is 0 Å². The van der Waals surface area contributed by atoms with E-state index in [1.54, 1.807) is 0 Å². The maximum absolute atomic E-state index is 12.0. The first-order valence-corrected chi connectivity index (χ1v) is 3.47. The Morgan fingerprint density at radius 3 is 2.07 bits per heavy atom. The molecule has 1 aromatic rings.